The van der Waals surface area contributed by atoms with E-state index in [4.69, 9.17) is 22.6 Å². The van der Waals surface area contributed by atoms with Crippen molar-refractivity contribution >= 4 is 34.4 Å². The lowest BCUT2D eigenvalue weighted by Gasteiger charge is -2.36. The van der Waals surface area contributed by atoms with Crippen molar-refractivity contribution in [2.24, 2.45) is 5.73 Å². The molecule has 11 heteroatoms. The van der Waals surface area contributed by atoms with E-state index >= 15 is 0 Å². The van der Waals surface area contributed by atoms with E-state index in [0.29, 0.717) is 35.2 Å². The van der Waals surface area contributed by atoms with E-state index < -0.39 is 23.9 Å². The molecule has 3 N–H and O–H groups in total. The molecule has 3 aromatic heterocycles. The van der Waals surface area contributed by atoms with Gasteiger partial charge in [0.05, 0.1) is 23.3 Å². The number of pyridine rings is 1. The molecule has 4 rings (SSSR count). The second kappa shape index (κ2) is 7.33. The number of halogens is 3. The molecule has 3 heterocycles. The molecule has 0 bridgehead atoms. The number of amides is 1. The summed E-state index contributed by atoms with van der Waals surface area (Å²) in [6.07, 6.45) is 3.54. The first kappa shape index (κ1) is 19.7. The molecule has 1 saturated carbocycles. The van der Waals surface area contributed by atoms with Gasteiger partial charge in [0.25, 0.3) is 11.8 Å². The zero-order valence-electron chi connectivity index (χ0n) is 14.9. The van der Waals surface area contributed by atoms with Crippen molar-refractivity contribution in [1.82, 2.24) is 19.9 Å². The van der Waals surface area contributed by atoms with E-state index in [2.05, 4.69) is 15.4 Å². The standard InChI is InChI=1S/C18H15ClF2N6OS/c19-15-13(10-8-24-27-5-3-9(7-22)6-12(10)27)25-17(29-15)16(28)26-14-11(23)2-1-4-18(14,20)21/h3,5-6,8,11,14H,1-2,4,23H2,(H,26,28). The Kier molecular flexibility index (Phi) is 4.98. The van der Waals surface area contributed by atoms with Gasteiger partial charge in [-0.3, -0.25) is 4.79 Å². The van der Waals surface area contributed by atoms with Crippen LogP contribution in [0, 0.1) is 11.3 Å². The highest BCUT2D eigenvalue weighted by Crippen LogP contribution is 2.36. The summed E-state index contributed by atoms with van der Waals surface area (Å²) in [5, 5.41) is 15.6. The predicted octanol–water partition coefficient (Wildman–Crippen LogP) is 3.23. The van der Waals surface area contributed by atoms with Gasteiger partial charge in [0.2, 0.25) is 0 Å². The Balaban J connectivity index is 1.65. The minimum atomic E-state index is -3.08. The van der Waals surface area contributed by atoms with Crippen LogP contribution in [-0.4, -0.2) is 38.5 Å². The molecule has 1 aliphatic rings. The zero-order chi connectivity index (χ0) is 20.8. The van der Waals surface area contributed by atoms with Crippen molar-refractivity contribution in [3.8, 4) is 17.3 Å². The molecule has 29 heavy (non-hydrogen) atoms. The Hall–Kier alpha value is -2.61. The highest BCUT2D eigenvalue weighted by Gasteiger charge is 2.46. The predicted molar refractivity (Wildman–Crippen MR) is 104 cm³/mol. The molecule has 0 aliphatic heterocycles. The van der Waals surface area contributed by atoms with Gasteiger partial charge in [0.1, 0.15) is 16.1 Å². The molecule has 1 amide bonds. The number of alkyl halides is 2. The Labute approximate surface area is 173 Å². The van der Waals surface area contributed by atoms with E-state index in [-0.39, 0.29) is 15.8 Å². The molecule has 0 spiro atoms. The summed E-state index contributed by atoms with van der Waals surface area (Å²) in [7, 11) is 0. The van der Waals surface area contributed by atoms with E-state index in [1.54, 1.807) is 22.8 Å². The normalized spacial score (nSPS) is 21.1. The second-order valence-electron chi connectivity index (χ2n) is 6.82. The number of carbonyl (C=O) groups excluding carboxylic acids is 1. The third-order valence-electron chi connectivity index (χ3n) is 4.90. The number of aromatic nitrogens is 3. The molecule has 0 saturated heterocycles. The van der Waals surface area contributed by atoms with Gasteiger partial charge in [-0.25, -0.2) is 18.3 Å². The van der Waals surface area contributed by atoms with E-state index in [1.165, 1.54) is 6.20 Å². The molecule has 0 radical (unpaired) electrons. The molecule has 1 fully saturated rings. The third kappa shape index (κ3) is 3.57. The molecule has 0 aromatic carbocycles. The van der Waals surface area contributed by atoms with E-state index in [1.807, 2.05) is 6.07 Å². The fraction of sp³-hybridized carbons (Fsp3) is 0.333. The number of rotatable bonds is 3. The highest BCUT2D eigenvalue weighted by atomic mass is 35.5. The third-order valence-corrected chi connectivity index (χ3v) is 6.16. The quantitative estimate of drug-likeness (QED) is 0.655. The molecule has 3 aromatic rings. The van der Waals surface area contributed by atoms with Crippen molar-refractivity contribution in [1.29, 1.82) is 5.26 Å². The number of nitrogens with zero attached hydrogens (tertiary/aromatic N) is 4. The summed E-state index contributed by atoms with van der Waals surface area (Å²) >= 11 is 7.17. The first-order chi connectivity index (χ1) is 13.8. The fourth-order valence-corrected chi connectivity index (χ4v) is 4.50. The molecule has 150 valence electrons. The highest BCUT2D eigenvalue weighted by molar-refractivity contribution is 7.18. The van der Waals surface area contributed by atoms with Crippen LogP contribution in [-0.2, 0) is 0 Å². The number of nitriles is 1. The van der Waals surface area contributed by atoms with Gasteiger partial charge in [0.15, 0.2) is 5.01 Å². The maximum Gasteiger partial charge on any atom is 0.280 e. The maximum absolute atomic E-state index is 14.2. The molecule has 1 aliphatic carbocycles. The average molecular weight is 437 g/mol. The topological polar surface area (TPSA) is 109 Å². The molecular weight excluding hydrogens is 422 g/mol. The Morgan fingerprint density at radius 3 is 3.03 bits per heavy atom. The van der Waals surface area contributed by atoms with Gasteiger partial charge in [-0.15, -0.1) is 0 Å². The number of hydrogen-bond donors (Lipinski definition) is 2. The number of carbonyl (C=O) groups is 1. The van der Waals surface area contributed by atoms with Crippen LogP contribution in [0.25, 0.3) is 16.8 Å². The SMILES string of the molecule is N#Cc1ccn2ncc(-c3nc(C(=O)NC4C(N)CCCC4(F)F)sc3Cl)c2c1. The largest absolute Gasteiger partial charge is 0.340 e. The molecule has 7 nitrogen and oxygen atoms in total. The van der Waals surface area contributed by atoms with E-state index in [9.17, 15) is 13.6 Å². The lowest BCUT2D eigenvalue weighted by molar-refractivity contribution is -0.0674. The van der Waals surface area contributed by atoms with Gasteiger partial charge >= 0.3 is 0 Å². The van der Waals surface area contributed by atoms with Crippen LogP contribution in [0.3, 0.4) is 0 Å². The van der Waals surface area contributed by atoms with Crippen molar-refractivity contribution in [2.75, 3.05) is 0 Å². The van der Waals surface area contributed by atoms with Crippen LogP contribution in [0.5, 0.6) is 0 Å². The Morgan fingerprint density at radius 1 is 1.52 bits per heavy atom. The van der Waals surface area contributed by atoms with Crippen LogP contribution in [0.4, 0.5) is 8.78 Å². The van der Waals surface area contributed by atoms with Crippen molar-refractivity contribution in [3.05, 3.63) is 39.4 Å². The van der Waals surface area contributed by atoms with Crippen molar-refractivity contribution in [2.45, 2.75) is 37.3 Å². The van der Waals surface area contributed by atoms with E-state index in [0.717, 1.165) is 11.3 Å². The maximum atomic E-state index is 14.2. The molecule has 2 atom stereocenters. The Bertz CT molecular complexity index is 1140. The summed E-state index contributed by atoms with van der Waals surface area (Å²) in [4.78, 5) is 16.8. The number of nitrogens with two attached hydrogens (primary N) is 1. The smallest absolute Gasteiger partial charge is 0.280 e. The molecular formula is C18H15ClF2N6OS. The lowest BCUT2D eigenvalue weighted by atomic mass is 9.87. The van der Waals surface area contributed by atoms with Crippen LogP contribution in [0.1, 0.15) is 34.6 Å². The fourth-order valence-electron chi connectivity index (χ4n) is 3.42. The van der Waals surface area contributed by atoms with Crippen molar-refractivity contribution < 1.29 is 13.6 Å². The van der Waals surface area contributed by atoms with Gasteiger partial charge in [0, 0.05) is 24.2 Å². The van der Waals surface area contributed by atoms with Crippen LogP contribution < -0.4 is 11.1 Å². The summed E-state index contributed by atoms with van der Waals surface area (Å²) in [5.41, 5.74) is 7.65. The number of nitrogens with one attached hydrogen (secondary N) is 1. The van der Waals surface area contributed by atoms with Gasteiger partial charge in [-0.05, 0) is 25.0 Å². The average Bonchev–Trinajstić information content (AvgIpc) is 3.27. The van der Waals surface area contributed by atoms with Gasteiger partial charge < -0.3 is 11.1 Å². The molecule has 2 unspecified atom stereocenters. The summed E-state index contributed by atoms with van der Waals surface area (Å²) in [5.74, 6) is -3.83. The number of fused-ring (bicyclic) bond motifs is 1. The summed E-state index contributed by atoms with van der Waals surface area (Å²) in [6.45, 7) is 0. The zero-order valence-corrected chi connectivity index (χ0v) is 16.5. The number of hydrogen-bond acceptors (Lipinski definition) is 6. The van der Waals surface area contributed by atoms with Crippen LogP contribution in [0.15, 0.2) is 24.5 Å². The summed E-state index contributed by atoms with van der Waals surface area (Å²) in [6, 6.07) is 2.99. The van der Waals surface area contributed by atoms with Gasteiger partial charge in [-0.1, -0.05) is 22.9 Å². The first-order valence-electron chi connectivity index (χ1n) is 8.78. The minimum Gasteiger partial charge on any atom is -0.340 e. The Morgan fingerprint density at radius 2 is 2.31 bits per heavy atom. The second-order valence-corrected chi connectivity index (χ2v) is 8.43. The monoisotopic (exact) mass is 436 g/mol. The first-order valence-corrected chi connectivity index (χ1v) is 9.98. The van der Waals surface area contributed by atoms with Gasteiger partial charge in [-0.2, -0.15) is 10.4 Å². The summed E-state index contributed by atoms with van der Waals surface area (Å²) < 4.78 is 30.1. The number of thiazole rings is 1. The lowest BCUT2D eigenvalue weighted by Crippen LogP contribution is -2.59. The van der Waals surface area contributed by atoms with Crippen molar-refractivity contribution in [3.63, 3.8) is 0 Å². The van der Waals surface area contributed by atoms with Crippen LogP contribution >= 0.6 is 22.9 Å². The minimum absolute atomic E-state index is 0.0469. The van der Waals surface area contributed by atoms with Crippen LogP contribution in [0.2, 0.25) is 4.34 Å².